The fourth-order valence-corrected chi connectivity index (χ4v) is 1.70. The van der Waals surface area contributed by atoms with E-state index in [1.54, 1.807) is 30.6 Å². The minimum atomic E-state index is -0.263. The fraction of sp³-hybridized carbons (Fsp3) is 0. The number of hydrogen-bond acceptors (Lipinski definition) is 3. The number of carbonyl (C=O) groups excluding carboxylic acids is 1. The van der Waals surface area contributed by atoms with Crippen LogP contribution in [0.2, 0.25) is 0 Å². The van der Waals surface area contributed by atoms with Crippen molar-refractivity contribution in [3.63, 3.8) is 0 Å². The van der Waals surface area contributed by atoms with Crippen molar-refractivity contribution in [2.24, 2.45) is 5.10 Å². The summed E-state index contributed by atoms with van der Waals surface area (Å²) in [5.41, 5.74) is 4.02. The Labute approximate surface area is 125 Å². The molecule has 0 radical (unpaired) electrons. The van der Waals surface area contributed by atoms with Crippen LogP contribution in [0.5, 0.6) is 0 Å². The molecule has 1 aromatic heterocycles. The third-order valence-corrected chi connectivity index (χ3v) is 2.96. The molecule has 5 heteroatoms. The van der Waals surface area contributed by atoms with Crippen LogP contribution in [0.3, 0.4) is 0 Å². The molecular weight excluding hydrogens is 318 g/mol. The standard InChI is InChI=1S/C15H12BrN3O/c16-14-5-3-12(4-6-14)2-1-9-18-19-15(20)13-7-10-17-11-8-13/h1-11H,(H,19,20)/b2-1+,18-9-. The molecule has 2 aromatic rings. The summed E-state index contributed by atoms with van der Waals surface area (Å²) >= 11 is 3.37. The van der Waals surface area contributed by atoms with Gasteiger partial charge in [0.15, 0.2) is 0 Å². The predicted octanol–water partition coefficient (Wildman–Crippen LogP) is 3.27. The molecule has 0 aliphatic rings. The van der Waals surface area contributed by atoms with Gasteiger partial charge in [0.2, 0.25) is 0 Å². The molecule has 1 heterocycles. The molecule has 1 aromatic carbocycles. The van der Waals surface area contributed by atoms with Gasteiger partial charge in [-0.15, -0.1) is 0 Å². The molecule has 1 amide bonds. The van der Waals surface area contributed by atoms with Gasteiger partial charge in [0.1, 0.15) is 0 Å². The van der Waals surface area contributed by atoms with Gasteiger partial charge in [-0.2, -0.15) is 5.10 Å². The minimum absolute atomic E-state index is 0.263. The molecule has 0 aliphatic carbocycles. The van der Waals surface area contributed by atoms with Crippen LogP contribution in [0.1, 0.15) is 15.9 Å². The largest absolute Gasteiger partial charge is 0.271 e. The lowest BCUT2D eigenvalue weighted by Gasteiger charge is -1.97. The number of allylic oxidation sites excluding steroid dienone is 1. The summed E-state index contributed by atoms with van der Waals surface area (Å²) in [7, 11) is 0. The zero-order chi connectivity index (χ0) is 14.2. The lowest BCUT2D eigenvalue weighted by atomic mass is 10.2. The smallest absolute Gasteiger partial charge is 0.267 e. The number of carbonyl (C=O) groups is 1. The summed E-state index contributed by atoms with van der Waals surface area (Å²) in [5, 5.41) is 3.84. The second-order valence-electron chi connectivity index (χ2n) is 3.87. The van der Waals surface area contributed by atoms with Crippen LogP contribution in [0.15, 0.2) is 64.4 Å². The first kappa shape index (κ1) is 14.1. The molecule has 4 nitrogen and oxygen atoms in total. The molecule has 0 unspecified atom stereocenters. The topological polar surface area (TPSA) is 54.4 Å². The van der Waals surface area contributed by atoms with E-state index in [1.165, 1.54) is 6.21 Å². The highest BCUT2D eigenvalue weighted by molar-refractivity contribution is 9.10. The minimum Gasteiger partial charge on any atom is -0.267 e. The first-order valence-electron chi connectivity index (χ1n) is 5.91. The Bertz CT molecular complexity index is 621. The number of hydrogen-bond donors (Lipinski definition) is 1. The average Bonchev–Trinajstić information content (AvgIpc) is 2.49. The van der Waals surface area contributed by atoms with Gasteiger partial charge in [0.05, 0.1) is 0 Å². The molecule has 0 atom stereocenters. The quantitative estimate of drug-likeness (QED) is 0.691. The van der Waals surface area contributed by atoms with E-state index >= 15 is 0 Å². The van der Waals surface area contributed by atoms with Crippen LogP contribution in [-0.4, -0.2) is 17.1 Å². The van der Waals surface area contributed by atoms with E-state index in [-0.39, 0.29) is 5.91 Å². The number of hydrazone groups is 1. The summed E-state index contributed by atoms with van der Waals surface area (Å²) < 4.78 is 1.04. The highest BCUT2D eigenvalue weighted by Crippen LogP contribution is 2.11. The maximum Gasteiger partial charge on any atom is 0.271 e. The van der Waals surface area contributed by atoms with Crippen LogP contribution in [0.25, 0.3) is 6.08 Å². The molecule has 0 fully saturated rings. The van der Waals surface area contributed by atoms with Crippen molar-refractivity contribution >= 4 is 34.1 Å². The van der Waals surface area contributed by atoms with E-state index in [9.17, 15) is 4.79 Å². The van der Waals surface area contributed by atoms with Crippen LogP contribution < -0.4 is 5.43 Å². The Kier molecular flexibility index (Phi) is 5.20. The summed E-state index contributed by atoms with van der Waals surface area (Å²) in [4.78, 5) is 15.5. The van der Waals surface area contributed by atoms with Gasteiger partial charge in [-0.05, 0) is 35.9 Å². The number of pyridine rings is 1. The first-order chi connectivity index (χ1) is 9.75. The Morgan fingerprint density at radius 2 is 1.85 bits per heavy atom. The zero-order valence-corrected chi connectivity index (χ0v) is 12.1. The van der Waals surface area contributed by atoms with E-state index in [0.29, 0.717) is 5.56 Å². The Morgan fingerprint density at radius 3 is 2.55 bits per heavy atom. The molecule has 20 heavy (non-hydrogen) atoms. The summed E-state index contributed by atoms with van der Waals surface area (Å²) in [5.74, 6) is -0.263. The van der Waals surface area contributed by atoms with Crippen molar-refractivity contribution in [1.82, 2.24) is 10.4 Å². The Hall–Kier alpha value is -2.27. The maximum atomic E-state index is 11.6. The second-order valence-corrected chi connectivity index (χ2v) is 4.78. The molecule has 0 bridgehead atoms. The molecule has 2 rings (SSSR count). The Balaban J connectivity index is 1.85. The highest BCUT2D eigenvalue weighted by Gasteiger charge is 2.01. The maximum absolute atomic E-state index is 11.6. The van der Waals surface area contributed by atoms with Crippen molar-refractivity contribution in [2.75, 3.05) is 0 Å². The molecular formula is C15H12BrN3O. The Morgan fingerprint density at radius 1 is 1.15 bits per heavy atom. The van der Waals surface area contributed by atoms with E-state index < -0.39 is 0 Å². The van der Waals surface area contributed by atoms with Gasteiger partial charge < -0.3 is 0 Å². The summed E-state index contributed by atoms with van der Waals surface area (Å²) in [6, 6.07) is 11.1. The third-order valence-electron chi connectivity index (χ3n) is 2.43. The lowest BCUT2D eigenvalue weighted by Crippen LogP contribution is -2.17. The molecule has 100 valence electrons. The number of aromatic nitrogens is 1. The van der Waals surface area contributed by atoms with Crippen LogP contribution in [-0.2, 0) is 0 Å². The van der Waals surface area contributed by atoms with E-state index in [1.807, 2.05) is 30.3 Å². The van der Waals surface area contributed by atoms with E-state index in [4.69, 9.17) is 0 Å². The van der Waals surface area contributed by atoms with Crippen molar-refractivity contribution in [3.05, 3.63) is 70.5 Å². The van der Waals surface area contributed by atoms with Crippen LogP contribution >= 0.6 is 15.9 Å². The third kappa shape index (κ3) is 4.44. The van der Waals surface area contributed by atoms with Crippen molar-refractivity contribution in [3.8, 4) is 0 Å². The summed E-state index contributed by atoms with van der Waals surface area (Å²) in [6.07, 6.45) is 8.31. The van der Waals surface area contributed by atoms with Gasteiger partial charge in [0.25, 0.3) is 5.91 Å². The monoisotopic (exact) mass is 329 g/mol. The number of nitrogens with zero attached hydrogens (tertiary/aromatic N) is 2. The molecule has 1 N–H and O–H groups in total. The number of rotatable bonds is 4. The van der Waals surface area contributed by atoms with Gasteiger partial charge in [-0.3, -0.25) is 9.78 Å². The number of halogens is 1. The average molecular weight is 330 g/mol. The lowest BCUT2D eigenvalue weighted by molar-refractivity contribution is 0.0955. The second kappa shape index (κ2) is 7.35. The van der Waals surface area contributed by atoms with Crippen molar-refractivity contribution in [1.29, 1.82) is 0 Å². The van der Waals surface area contributed by atoms with E-state index in [2.05, 4.69) is 31.4 Å². The first-order valence-corrected chi connectivity index (χ1v) is 6.71. The molecule has 0 spiro atoms. The van der Waals surface area contributed by atoms with Crippen molar-refractivity contribution < 1.29 is 4.79 Å². The number of nitrogens with one attached hydrogen (secondary N) is 1. The predicted molar refractivity (Wildman–Crippen MR) is 83.4 cm³/mol. The van der Waals surface area contributed by atoms with Crippen LogP contribution in [0.4, 0.5) is 0 Å². The number of benzene rings is 1. The highest BCUT2D eigenvalue weighted by atomic mass is 79.9. The van der Waals surface area contributed by atoms with Gasteiger partial charge in [0, 0.05) is 28.6 Å². The molecule has 0 saturated carbocycles. The zero-order valence-electron chi connectivity index (χ0n) is 10.5. The normalized spacial score (nSPS) is 11.1. The van der Waals surface area contributed by atoms with Crippen molar-refractivity contribution in [2.45, 2.75) is 0 Å². The molecule has 0 saturated heterocycles. The van der Waals surface area contributed by atoms with Gasteiger partial charge in [-0.25, -0.2) is 5.43 Å². The summed E-state index contributed by atoms with van der Waals surface area (Å²) in [6.45, 7) is 0. The SMILES string of the molecule is O=C(N/N=C\C=C\c1ccc(Br)cc1)c1ccncc1. The number of amides is 1. The molecule has 0 aliphatic heterocycles. The fourth-order valence-electron chi connectivity index (χ4n) is 1.43. The van der Waals surface area contributed by atoms with Crippen LogP contribution in [0, 0.1) is 0 Å². The van der Waals surface area contributed by atoms with Gasteiger partial charge >= 0.3 is 0 Å². The van der Waals surface area contributed by atoms with Gasteiger partial charge in [-0.1, -0.05) is 34.1 Å². The van der Waals surface area contributed by atoms with E-state index in [0.717, 1.165) is 10.0 Å².